The summed E-state index contributed by atoms with van der Waals surface area (Å²) in [5.74, 6) is -2.21. The zero-order chi connectivity index (χ0) is 15.6. The molecule has 19 heavy (non-hydrogen) atoms. The molecule has 0 aliphatic carbocycles. The fourth-order valence-electron chi connectivity index (χ4n) is 1.07. The van der Waals surface area contributed by atoms with Crippen LogP contribution in [0.5, 0.6) is 0 Å². The molecule has 9 heteroatoms. The predicted octanol–water partition coefficient (Wildman–Crippen LogP) is 2.35. The second-order valence-electron chi connectivity index (χ2n) is 4.57. The van der Waals surface area contributed by atoms with Gasteiger partial charge in [0.1, 0.15) is 5.57 Å². The lowest BCUT2D eigenvalue weighted by Crippen LogP contribution is -2.34. The molecule has 0 aromatic carbocycles. The lowest BCUT2D eigenvalue weighted by Gasteiger charge is -2.19. The number of hydrogen-bond acceptors (Lipinski definition) is 3. The summed E-state index contributed by atoms with van der Waals surface area (Å²) < 4.78 is 63.0. The Morgan fingerprint density at radius 3 is 1.84 bits per heavy atom. The molecule has 0 atom stereocenters. The average Bonchev–Trinajstić information content (AvgIpc) is 2.12. The molecule has 4 nitrogen and oxygen atoms in total. The first-order valence-electron chi connectivity index (χ1n) is 4.96. The van der Waals surface area contributed by atoms with E-state index < -0.39 is 41.1 Å². The molecule has 0 saturated heterocycles. The highest BCUT2D eigenvalue weighted by atomic mass is 19.4. The largest absolute Gasteiger partial charge is 0.478 e. The van der Waals surface area contributed by atoms with Gasteiger partial charge in [-0.15, -0.1) is 0 Å². The van der Waals surface area contributed by atoms with Crippen LogP contribution in [0.2, 0.25) is 0 Å². The summed E-state index contributed by atoms with van der Waals surface area (Å²) in [7, 11) is 0. The van der Waals surface area contributed by atoms with Crippen LogP contribution in [0.25, 0.3) is 0 Å². The highest BCUT2D eigenvalue weighted by molar-refractivity contribution is 6.22. The summed E-state index contributed by atoms with van der Waals surface area (Å²) in [5, 5.41) is 8.67. The van der Waals surface area contributed by atoms with Crippen molar-refractivity contribution in [2.45, 2.75) is 38.9 Å². The van der Waals surface area contributed by atoms with Crippen molar-refractivity contribution in [1.29, 1.82) is 0 Å². The minimum Gasteiger partial charge on any atom is -0.478 e. The van der Waals surface area contributed by atoms with E-state index in [4.69, 9.17) is 10.8 Å². The first-order chi connectivity index (χ1) is 8.27. The van der Waals surface area contributed by atoms with Crippen molar-refractivity contribution >= 4 is 11.7 Å². The lowest BCUT2D eigenvalue weighted by atomic mass is 10.0. The van der Waals surface area contributed by atoms with E-state index in [0.717, 1.165) is 0 Å². The molecule has 0 bridgehead atoms. The number of aliphatic carboxylic acids is 1. The third kappa shape index (κ3) is 5.23. The van der Waals surface area contributed by atoms with E-state index in [1.54, 1.807) is 0 Å². The van der Waals surface area contributed by atoms with Crippen molar-refractivity contribution in [2.24, 2.45) is 10.7 Å². The number of carbonyl (C=O) groups is 1. The maximum Gasteiger partial charge on any atom is 0.433 e. The normalized spacial score (nSPS) is 15.5. The monoisotopic (exact) mass is 288 g/mol. The number of hydrogen-bond donors (Lipinski definition) is 2. The molecule has 0 radical (unpaired) electrons. The smallest absolute Gasteiger partial charge is 0.433 e. The fourth-order valence-corrected chi connectivity index (χ4v) is 1.07. The minimum absolute atomic E-state index is 1.26. The van der Waals surface area contributed by atoms with Gasteiger partial charge in [0.15, 0.2) is 5.71 Å². The Labute approximate surface area is 105 Å². The molecule has 0 aromatic heterocycles. The lowest BCUT2D eigenvalue weighted by molar-refractivity contribution is -0.132. The molecule has 0 fully saturated rings. The van der Waals surface area contributed by atoms with Crippen molar-refractivity contribution in [3.05, 3.63) is 11.3 Å². The summed E-state index contributed by atoms with van der Waals surface area (Å²) in [4.78, 5) is 13.9. The van der Waals surface area contributed by atoms with E-state index in [1.807, 2.05) is 0 Å². The molecule has 110 valence electrons. The van der Waals surface area contributed by atoms with E-state index >= 15 is 0 Å². The molecule has 0 aliphatic rings. The van der Waals surface area contributed by atoms with Crippen molar-refractivity contribution < 1.29 is 31.9 Å². The summed E-state index contributed by atoms with van der Waals surface area (Å²) >= 11 is 0. The van der Waals surface area contributed by atoms with Crippen molar-refractivity contribution in [3.8, 4) is 0 Å². The molecule has 0 amide bonds. The number of aliphatic imine (C=N–C) groups is 1. The number of carboxylic acid groups (broad SMARTS) is 1. The van der Waals surface area contributed by atoms with Gasteiger partial charge in [0, 0.05) is 0 Å². The topological polar surface area (TPSA) is 75.7 Å². The maximum absolute atomic E-state index is 12.8. The Kier molecular flexibility index (Phi) is 5.05. The van der Waals surface area contributed by atoms with Crippen LogP contribution in [0.15, 0.2) is 16.3 Å². The van der Waals surface area contributed by atoms with Crippen LogP contribution in [0.3, 0.4) is 0 Å². The highest BCUT2D eigenvalue weighted by Crippen LogP contribution is 2.27. The average molecular weight is 288 g/mol. The first kappa shape index (κ1) is 17.3. The van der Waals surface area contributed by atoms with Crippen LogP contribution in [0, 0.1) is 0 Å². The van der Waals surface area contributed by atoms with Gasteiger partial charge in [-0.1, -0.05) is 0 Å². The van der Waals surface area contributed by atoms with Gasteiger partial charge in [0.25, 0.3) is 6.43 Å². The number of carboxylic acids is 1. The van der Waals surface area contributed by atoms with E-state index in [0.29, 0.717) is 0 Å². The minimum atomic E-state index is -5.21. The van der Waals surface area contributed by atoms with E-state index in [2.05, 4.69) is 4.99 Å². The van der Waals surface area contributed by atoms with Crippen LogP contribution >= 0.6 is 0 Å². The van der Waals surface area contributed by atoms with Gasteiger partial charge in [-0.05, 0) is 20.8 Å². The molecule has 0 unspecified atom stereocenters. The highest BCUT2D eigenvalue weighted by Gasteiger charge is 2.43. The molecular weight excluding hydrogens is 275 g/mol. The molecule has 0 aromatic rings. The first-order valence-corrected chi connectivity index (χ1v) is 4.96. The predicted molar refractivity (Wildman–Crippen MR) is 58.1 cm³/mol. The van der Waals surface area contributed by atoms with Crippen LogP contribution < -0.4 is 5.73 Å². The summed E-state index contributed by atoms with van der Waals surface area (Å²) in [6.45, 7) is 3.78. The Balaban J connectivity index is 6.21. The summed E-state index contributed by atoms with van der Waals surface area (Å²) in [5.41, 5.74) is -1.89. The fraction of sp³-hybridized carbons (Fsp3) is 0.600. The Hall–Kier alpha value is -1.67. The summed E-state index contributed by atoms with van der Waals surface area (Å²) in [6.07, 6.45) is -8.74. The molecular formula is C10H13F5N2O2. The Morgan fingerprint density at radius 1 is 1.21 bits per heavy atom. The molecule has 0 aliphatic heterocycles. The van der Waals surface area contributed by atoms with Crippen LogP contribution in [-0.4, -0.2) is 34.9 Å². The van der Waals surface area contributed by atoms with Gasteiger partial charge in [0.2, 0.25) is 0 Å². The quantitative estimate of drug-likeness (QED) is 0.475. The van der Waals surface area contributed by atoms with Crippen LogP contribution in [0.4, 0.5) is 22.0 Å². The number of rotatable bonds is 3. The number of nitrogens with two attached hydrogens (primary N) is 1. The molecule has 3 N–H and O–H groups in total. The standard InChI is InChI=1S/C10H13F5N2O2/c1-9(2,3)17-6(10(13,14)15)4(8(18)19)5(16)7(11)12/h7H,16H2,1-3H3,(H,18,19). The number of halogens is 5. The van der Waals surface area contributed by atoms with Crippen molar-refractivity contribution in [2.75, 3.05) is 0 Å². The van der Waals surface area contributed by atoms with Gasteiger partial charge in [-0.2, -0.15) is 13.2 Å². The van der Waals surface area contributed by atoms with Crippen LogP contribution in [-0.2, 0) is 4.79 Å². The van der Waals surface area contributed by atoms with E-state index in [-0.39, 0.29) is 0 Å². The second-order valence-corrected chi connectivity index (χ2v) is 4.57. The van der Waals surface area contributed by atoms with Gasteiger partial charge in [-0.25, -0.2) is 13.6 Å². The Morgan fingerprint density at radius 2 is 1.63 bits per heavy atom. The second kappa shape index (κ2) is 5.54. The molecule has 0 spiro atoms. The number of allylic oxidation sites excluding steroid dienone is 1. The maximum atomic E-state index is 12.8. The zero-order valence-electron chi connectivity index (χ0n) is 10.3. The van der Waals surface area contributed by atoms with Gasteiger partial charge < -0.3 is 10.8 Å². The molecule has 0 saturated carbocycles. The third-order valence-electron chi connectivity index (χ3n) is 1.69. The molecule has 0 rings (SSSR count). The van der Waals surface area contributed by atoms with Crippen LogP contribution in [0.1, 0.15) is 20.8 Å². The molecule has 0 heterocycles. The number of alkyl halides is 5. The van der Waals surface area contributed by atoms with E-state index in [9.17, 15) is 26.7 Å². The van der Waals surface area contributed by atoms with Gasteiger partial charge in [-0.3, -0.25) is 4.99 Å². The van der Waals surface area contributed by atoms with Gasteiger partial charge in [0.05, 0.1) is 11.2 Å². The van der Waals surface area contributed by atoms with E-state index in [1.165, 1.54) is 20.8 Å². The number of nitrogens with zero attached hydrogens (tertiary/aromatic N) is 1. The van der Waals surface area contributed by atoms with Crippen molar-refractivity contribution in [1.82, 2.24) is 0 Å². The zero-order valence-corrected chi connectivity index (χ0v) is 10.3. The Bertz CT molecular complexity index is 419. The SMILES string of the molecule is CC(C)(C)N=C(C(C(=O)O)=C(N)C(F)F)C(F)(F)F. The third-order valence-corrected chi connectivity index (χ3v) is 1.69. The summed E-state index contributed by atoms with van der Waals surface area (Å²) in [6, 6.07) is 0. The van der Waals surface area contributed by atoms with Crippen molar-refractivity contribution in [3.63, 3.8) is 0 Å². The van der Waals surface area contributed by atoms with Gasteiger partial charge >= 0.3 is 12.1 Å².